The highest BCUT2D eigenvalue weighted by Gasteiger charge is 2.22. The fourth-order valence-corrected chi connectivity index (χ4v) is 6.92. The molecule has 6 heterocycles. The van der Waals surface area contributed by atoms with E-state index < -0.39 is 5.82 Å². The topological polar surface area (TPSA) is 149 Å². The van der Waals surface area contributed by atoms with Crippen LogP contribution < -0.4 is 25.6 Å². The van der Waals surface area contributed by atoms with E-state index in [1.807, 2.05) is 17.0 Å². The van der Waals surface area contributed by atoms with Crippen LogP contribution in [-0.4, -0.2) is 114 Å². The molecule has 0 radical (unpaired) electrons. The van der Waals surface area contributed by atoms with Crippen molar-refractivity contribution in [1.29, 1.82) is 0 Å². The van der Waals surface area contributed by atoms with Crippen molar-refractivity contribution >= 4 is 44.7 Å². The number of nitrogens with one attached hydrogen (secondary N) is 1. The number of ether oxygens (including phenoxy) is 2. The number of hydrogen-bond donors (Lipinski definition) is 2. The smallest absolute Gasteiger partial charge is 0.309 e. The molecule has 3 N–H and O–H groups in total. The van der Waals surface area contributed by atoms with Crippen molar-refractivity contribution in [3.63, 3.8) is 0 Å². The van der Waals surface area contributed by atoms with Gasteiger partial charge in [0.25, 0.3) is 5.91 Å². The Kier molecular flexibility index (Phi) is 9.06. The van der Waals surface area contributed by atoms with Gasteiger partial charge in [0.15, 0.2) is 18.0 Å². The minimum absolute atomic E-state index is 0.116. The van der Waals surface area contributed by atoms with Gasteiger partial charge in [0.1, 0.15) is 22.0 Å². The van der Waals surface area contributed by atoms with Crippen molar-refractivity contribution in [2.45, 2.75) is 6.54 Å². The van der Waals surface area contributed by atoms with Gasteiger partial charge in [0.05, 0.1) is 30.7 Å². The lowest BCUT2D eigenvalue weighted by atomic mass is 10.2. The average Bonchev–Trinajstić information content (AvgIpc) is 3.84. The van der Waals surface area contributed by atoms with Gasteiger partial charge in [-0.15, -0.1) is 0 Å². The SMILES string of the molecule is Nc1nc2c(sc(=O)n2CCN2CCN(c3ccc(OCC(=O)NCCN4CCOCC4)cc3F)CC2)c2cc(-c3ccco3)nn12. The molecule has 0 bridgehead atoms. The van der Waals surface area contributed by atoms with Gasteiger partial charge < -0.3 is 29.8 Å². The van der Waals surface area contributed by atoms with Crippen LogP contribution in [0.1, 0.15) is 0 Å². The molecule has 2 aliphatic rings. The molecule has 1 aromatic carbocycles. The molecule has 2 saturated heterocycles. The number of anilines is 2. The number of halogens is 1. The molecule has 4 aromatic heterocycles. The Morgan fingerprint density at radius 2 is 1.85 bits per heavy atom. The molecule has 0 atom stereocenters. The molecule has 5 aromatic rings. The highest BCUT2D eigenvalue weighted by molar-refractivity contribution is 7.17. The standard InChI is InChI=1S/C31H36FN9O5S/c32-22-18-21(46-20-27(42)34-5-6-37-13-16-44-17-14-37)3-4-24(22)39-10-7-38(8-11-39)9-12-40-29-28(47-31(40)43)25-19-23(26-2-1-15-45-26)36-41(25)30(33)35-29/h1-4,15,18-19H,5-14,16-17,20H2,(H2,33,35)(H,34,42). The number of fused-ring (bicyclic) bond motifs is 3. The number of carbonyl (C=O) groups excluding carboxylic acids is 1. The summed E-state index contributed by atoms with van der Waals surface area (Å²) in [6, 6.07) is 10.2. The van der Waals surface area contributed by atoms with Crippen LogP contribution in [-0.2, 0) is 16.1 Å². The van der Waals surface area contributed by atoms with Crippen LogP contribution in [0.5, 0.6) is 5.75 Å². The number of benzene rings is 1. The zero-order valence-electron chi connectivity index (χ0n) is 25.8. The molecule has 2 aliphatic heterocycles. The number of furan rings is 1. The molecule has 248 valence electrons. The van der Waals surface area contributed by atoms with Gasteiger partial charge in [-0.1, -0.05) is 11.3 Å². The quantitative estimate of drug-likeness (QED) is 0.213. The first kappa shape index (κ1) is 31.1. The fraction of sp³-hybridized carbons (Fsp3) is 0.419. The van der Waals surface area contributed by atoms with Crippen molar-refractivity contribution in [1.82, 2.24) is 34.3 Å². The summed E-state index contributed by atoms with van der Waals surface area (Å²) in [4.78, 5) is 36.1. The maximum atomic E-state index is 15.1. The molecule has 16 heteroatoms. The van der Waals surface area contributed by atoms with Crippen LogP contribution in [0.25, 0.3) is 27.3 Å². The maximum absolute atomic E-state index is 15.1. The summed E-state index contributed by atoms with van der Waals surface area (Å²) in [7, 11) is 0. The summed E-state index contributed by atoms with van der Waals surface area (Å²) >= 11 is 1.12. The van der Waals surface area contributed by atoms with Gasteiger partial charge in [-0.05, 0) is 30.3 Å². The number of amides is 1. The number of nitrogens with two attached hydrogens (primary N) is 1. The van der Waals surface area contributed by atoms with Gasteiger partial charge in [0.2, 0.25) is 5.95 Å². The molecular formula is C31H36FN9O5S. The summed E-state index contributed by atoms with van der Waals surface area (Å²) in [5.74, 6) is 0.453. The van der Waals surface area contributed by atoms with Crippen LogP contribution in [0.4, 0.5) is 16.0 Å². The Bertz CT molecular complexity index is 1910. The van der Waals surface area contributed by atoms with E-state index >= 15 is 4.39 Å². The van der Waals surface area contributed by atoms with Gasteiger partial charge in [-0.25, -0.2) is 4.39 Å². The highest BCUT2D eigenvalue weighted by atomic mass is 32.1. The predicted octanol–water partition coefficient (Wildman–Crippen LogP) is 1.74. The Morgan fingerprint density at radius 1 is 1.04 bits per heavy atom. The highest BCUT2D eigenvalue weighted by Crippen LogP contribution is 2.29. The van der Waals surface area contributed by atoms with E-state index in [1.54, 1.807) is 29.0 Å². The number of hydrogen-bond acceptors (Lipinski definition) is 12. The number of aromatic nitrogens is 4. The first-order valence-corrected chi connectivity index (χ1v) is 16.4. The second kappa shape index (κ2) is 13.7. The third-order valence-electron chi connectivity index (χ3n) is 8.52. The van der Waals surface area contributed by atoms with Gasteiger partial charge in [-0.3, -0.25) is 24.0 Å². The molecule has 14 nitrogen and oxygen atoms in total. The number of nitrogens with zero attached hydrogens (tertiary/aromatic N) is 7. The van der Waals surface area contributed by atoms with Crippen LogP contribution >= 0.6 is 11.3 Å². The maximum Gasteiger partial charge on any atom is 0.309 e. The van der Waals surface area contributed by atoms with E-state index in [0.717, 1.165) is 31.0 Å². The summed E-state index contributed by atoms with van der Waals surface area (Å²) in [6.07, 6.45) is 1.58. The van der Waals surface area contributed by atoms with Crippen LogP contribution in [0.3, 0.4) is 0 Å². The molecule has 7 rings (SSSR count). The van der Waals surface area contributed by atoms with Crippen LogP contribution in [0, 0.1) is 5.82 Å². The number of carbonyl (C=O) groups is 1. The van der Waals surface area contributed by atoms with E-state index in [0.29, 0.717) is 97.8 Å². The van der Waals surface area contributed by atoms with E-state index in [9.17, 15) is 9.59 Å². The molecule has 47 heavy (non-hydrogen) atoms. The number of rotatable bonds is 11. The van der Waals surface area contributed by atoms with Crippen molar-refractivity contribution < 1.29 is 23.1 Å². The number of thiazole rings is 1. The minimum atomic E-state index is -0.398. The van der Waals surface area contributed by atoms with Crippen molar-refractivity contribution in [2.24, 2.45) is 0 Å². The van der Waals surface area contributed by atoms with Gasteiger partial charge in [0, 0.05) is 71.5 Å². The molecular weight excluding hydrogens is 629 g/mol. The van der Waals surface area contributed by atoms with Gasteiger partial charge >= 0.3 is 4.87 Å². The Hall–Kier alpha value is -4.51. The average molecular weight is 666 g/mol. The first-order valence-electron chi connectivity index (χ1n) is 15.6. The second-order valence-corrected chi connectivity index (χ2v) is 12.4. The lowest BCUT2D eigenvalue weighted by Gasteiger charge is -2.36. The fourth-order valence-electron chi connectivity index (χ4n) is 5.96. The molecule has 0 spiro atoms. The lowest BCUT2D eigenvalue weighted by Crippen LogP contribution is -2.47. The molecule has 0 unspecified atom stereocenters. The van der Waals surface area contributed by atoms with E-state index in [2.05, 4.69) is 25.2 Å². The summed E-state index contributed by atoms with van der Waals surface area (Å²) in [6.45, 7) is 7.98. The molecule has 0 saturated carbocycles. The number of piperazine rings is 1. The zero-order valence-corrected chi connectivity index (χ0v) is 26.6. The number of nitrogen functional groups attached to an aromatic ring is 1. The first-order chi connectivity index (χ1) is 22.9. The Morgan fingerprint density at radius 3 is 2.62 bits per heavy atom. The summed E-state index contributed by atoms with van der Waals surface area (Å²) in [5.41, 5.74) is 8.58. The van der Waals surface area contributed by atoms with E-state index in [-0.39, 0.29) is 23.3 Å². The third kappa shape index (κ3) is 6.81. The third-order valence-corrected chi connectivity index (χ3v) is 9.51. The monoisotopic (exact) mass is 665 g/mol. The normalized spacial score (nSPS) is 16.3. The molecule has 0 aliphatic carbocycles. The van der Waals surface area contributed by atoms with Crippen molar-refractivity contribution in [3.05, 3.63) is 58.1 Å². The van der Waals surface area contributed by atoms with Crippen LogP contribution in [0.2, 0.25) is 0 Å². The Balaban J connectivity index is 0.910. The zero-order chi connectivity index (χ0) is 32.3. The molecule has 1 amide bonds. The molecule has 2 fully saturated rings. The summed E-state index contributed by atoms with van der Waals surface area (Å²) in [5, 5.41) is 7.35. The lowest BCUT2D eigenvalue weighted by molar-refractivity contribution is -0.123. The largest absolute Gasteiger partial charge is 0.484 e. The Labute approximate surface area is 273 Å². The van der Waals surface area contributed by atoms with Crippen molar-refractivity contribution in [2.75, 3.05) is 89.4 Å². The number of morpholine rings is 1. The van der Waals surface area contributed by atoms with Crippen molar-refractivity contribution in [3.8, 4) is 17.2 Å². The van der Waals surface area contributed by atoms with E-state index in [1.165, 1.54) is 10.6 Å². The second-order valence-electron chi connectivity index (χ2n) is 11.5. The van der Waals surface area contributed by atoms with E-state index in [4.69, 9.17) is 19.6 Å². The summed E-state index contributed by atoms with van der Waals surface area (Å²) < 4.78 is 35.4. The van der Waals surface area contributed by atoms with Crippen LogP contribution in [0.15, 0.2) is 51.9 Å². The minimum Gasteiger partial charge on any atom is -0.484 e. The predicted molar refractivity (Wildman–Crippen MR) is 176 cm³/mol. The van der Waals surface area contributed by atoms with Gasteiger partial charge in [-0.2, -0.15) is 14.6 Å².